The second-order valence-electron chi connectivity index (χ2n) is 5.27. The molecule has 5 heteroatoms. The second-order valence-corrected chi connectivity index (χ2v) is 7.61. The van der Waals surface area contributed by atoms with Gasteiger partial charge in [-0.3, -0.25) is 4.98 Å². The Hall–Kier alpha value is -1.46. The minimum Gasteiger partial charge on any atom is -0.387 e. The first-order chi connectivity index (χ1) is 9.59. The molecular formula is C15H17NO3S. The van der Waals surface area contributed by atoms with E-state index in [1.54, 1.807) is 12.3 Å². The van der Waals surface area contributed by atoms with Crippen molar-refractivity contribution in [3.8, 4) is 0 Å². The number of aliphatic hydroxyl groups excluding tert-OH is 1. The van der Waals surface area contributed by atoms with E-state index in [4.69, 9.17) is 0 Å². The van der Waals surface area contributed by atoms with Gasteiger partial charge in [0.15, 0.2) is 9.84 Å². The van der Waals surface area contributed by atoms with Gasteiger partial charge in [0.05, 0.1) is 22.6 Å². The Kier molecular flexibility index (Phi) is 3.48. The molecule has 106 valence electrons. The van der Waals surface area contributed by atoms with Gasteiger partial charge in [-0.2, -0.15) is 0 Å². The van der Waals surface area contributed by atoms with Crippen LogP contribution in [0.25, 0.3) is 10.9 Å². The number of hydrogen-bond acceptors (Lipinski definition) is 4. The lowest BCUT2D eigenvalue weighted by Gasteiger charge is -2.27. The van der Waals surface area contributed by atoms with Crippen LogP contribution in [0.3, 0.4) is 0 Å². The van der Waals surface area contributed by atoms with Crippen LogP contribution in [-0.4, -0.2) is 29.5 Å². The molecule has 20 heavy (non-hydrogen) atoms. The molecule has 0 saturated carbocycles. The Morgan fingerprint density at radius 1 is 1.20 bits per heavy atom. The smallest absolute Gasteiger partial charge is 0.156 e. The Bertz CT molecular complexity index is 721. The van der Waals surface area contributed by atoms with Crippen molar-refractivity contribution in [1.29, 1.82) is 0 Å². The average Bonchev–Trinajstić information content (AvgIpc) is 2.45. The lowest BCUT2D eigenvalue weighted by atomic mass is 9.99. The van der Waals surface area contributed by atoms with Gasteiger partial charge in [-0.15, -0.1) is 0 Å². The van der Waals surface area contributed by atoms with Crippen LogP contribution in [0.15, 0.2) is 36.5 Å². The zero-order valence-electron chi connectivity index (χ0n) is 11.1. The number of hydrogen-bond donors (Lipinski definition) is 1. The summed E-state index contributed by atoms with van der Waals surface area (Å²) in [6, 6.07) is 9.25. The quantitative estimate of drug-likeness (QED) is 0.921. The van der Waals surface area contributed by atoms with E-state index in [2.05, 4.69) is 4.98 Å². The van der Waals surface area contributed by atoms with Gasteiger partial charge in [0.25, 0.3) is 0 Å². The predicted molar refractivity (Wildman–Crippen MR) is 78.1 cm³/mol. The van der Waals surface area contributed by atoms with Crippen LogP contribution < -0.4 is 0 Å². The van der Waals surface area contributed by atoms with Crippen LogP contribution in [-0.2, 0) is 9.84 Å². The maximum atomic E-state index is 12.2. The molecule has 1 N–H and O–H groups in total. The normalized spacial score (nSPS) is 23.6. The molecule has 1 aliphatic heterocycles. The molecule has 1 aromatic carbocycles. The van der Waals surface area contributed by atoms with Gasteiger partial charge in [0.1, 0.15) is 0 Å². The number of nitrogens with zero attached hydrogens (tertiary/aromatic N) is 1. The zero-order valence-corrected chi connectivity index (χ0v) is 11.9. The maximum Gasteiger partial charge on any atom is 0.156 e. The van der Waals surface area contributed by atoms with Crippen LogP contribution in [0.4, 0.5) is 0 Å². The van der Waals surface area contributed by atoms with Gasteiger partial charge in [-0.05, 0) is 18.9 Å². The van der Waals surface area contributed by atoms with Crippen molar-refractivity contribution in [2.75, 3.05) is 5.75 Å². The second kappa shape index (κ2) is 5.14. The van der Waals surface area contributed by atoms with Crippen molar-refractivity contribution in [1.82, 2.24) is 4.98 Å². The van der Waals surface area contributed by atoms with Crippen LogP contribution >= 0.6 is 0 Å². The molecule has 0 radical (unpaired) electrons. The van der Waals surface area contributed by atoms with Gasteiger partial charge in [-0.25, -0.2) is 8.42 Å². The van der Waals surface area contributed by atoms with Gasteiger partial charge < -0.3 is 5.11 Å². The summed E-state index contributed by atoms with van der Waals surface area (Å²) in [6.07, 6.45) is 2.72. The molecule has 3 rings (SSSR count). The Morgan fingerprint density at radius 2 is 2.00 bits per heavy atom. The molecule has 1 aromatic heterocycles. The fourth-order valence-electron chi connectivity index (χ4n) is 2.90. The minimum absolute atomic E-state index is 0.174. The van der Waals surface area contributed by atoms with E-state index in [9.17, 15) is 13.5 Å². The highest BCUT2D eigenvalue weighted by Crippen LogP contribution is 2.33. The minimum atomic E-state index is -3.22. The molecule has 2 unspecified atom stereocenters. The third kappa shape index (κ3) is 2.31. The molecule has 2 aromatic rings. The van der Waals surface area contributed by atoms with Gasteiger partial charge >= 0.3 is 0 Å². The van der Waals surface area contributed by atoms with Crippen molar-refractivity contribution >= 4 is 20.7 Å². The van der Waals surface area contributed by atoms with Crippen molar-refractivity contribution in [2.24, 2.45) is 0 Å². The van der Waals surface area contributed by atoms with E-state index in [0.29, 0.717) is 23.9 Å². The first kappa shape index (κ1) is 13.5. The summed E-state index contributed by atoms with van der Waals surface area (Å²) in [5.41, 5.74) is 1.29. The van der Waals surface area contributed by atoms with E-state index in [-0.39, 0.29) is 5.75 Å². The van der Waals surface area contributed by atoms with Gasteiger partial charge in [0.2, 0.25) is 0 Å². The number of benzene rings is 1. The molecule has 0 amide bonds. The number of aromatic nitrogens is 1. The third-order valence-electron chi connectivity index (χ3n) is 3.96. The fourth-order valence-corrected chi connectivity index (χ4v) is 4.88. The van der Waals surface area contributed by atoms with Crippen LogP contribution in [0, 0.1) is 0 Å². The number of fused-ring (bicyclic) bond motifs is 1. The van der Waals surface area contributed by atoms with E-state index >= 15 is 0 Å². The number of aliphatic hydroxyl groups is 1. The molecule has 2 heterocycles. The molecule has 0 spiro atoms. The lowest BCUT2D eigenvalue weighted by Crippen LogP contribution is -2.34. The number of sulfone groups is 1. The SMILES string of the molecule is O=S1(=O)CCCCC1C(O)c1cccc2cccnc12. The largest absolute Gasteiger partial charge is 0.387 e. The maximum absolute atomic E-state index is 12.2. The highest BCUT2D eigenvalue weighted by molar-refractivity contribution is 7.92. The molecule has 0 aliphatic carbocycles. The molecule has 4 nitrogen and oxygen atoms in total. The molecule has 1 aliphatic rings. The molecular weight excluding hydrogens is 274 g/mol. The number of rotatable bonds is 2. The molecule has 1 fully saturated rings. The lowest BCUT2D eigenvalue weighted by molar-refractivity contribution is 0.165. The zero-order chi connectivity index (χ0) is 14.2. The first-order valence-corrected chi connectivity index (χ1v) is 8.54. The van der Waals surface area contributed by atoms with Crippen molar-refractivity contribution in [3.05, 3.63) is 42.1 Å². The molecule has 2 atom stereocenters. The number of pyridine rings is 1. The monoisotopic (exact) mass is 291 g/mol. The van der Waals surface area contributed by atoms with E-state index in [1.807, 2.05) is 24.3 Å². The standard InChI is InChI=1S/C15H17NO3S/c17-15(13-8-1-2-10-20(13,18)19)12-7-3-5-11-6-4-9-16-14(11)12/h3-7,9,13,15,17H,1-2,8,10H2. The topological polar surface area (TPSA) is 67.3 Å². The van der Waals surface area contributed by atoms with Crippen LogP contribution in [0.1, 0.15) is 30.9 Å². The number of para-hydroxylation sites is 1. The summed E-state index contributed by atoms with van der Waals surface area (Å²) in [7, 11) is -3.22. The van der Waals surface area contributed by atoms with E-state index < -0.39 is 21.2 Å². The van der Waals surface area contributed by atoms with Crippen LogP contribution in [0.5, 0.6) is 0 Å². The van der Waals surface area contributed by atoms with Crippen molar-refractivity contribution < 1.29 is 13.5 Å². The summed E-state index contributed by atoms with van der Waals surface area (Å²) in [5.74, 6) is 0.174. The third-order valence-corrected chi connectivity index (χ3v) is 6.24. The summed E-state index contributed by atoms with van der Waals surface area (Å²) >= 11 is 0. The highest BCUT2D eigenvalue weighted by atomic mass is 32.2. The Balaban J connectivity index is 2.06. The Labute approximate surface area is 118 Å². The Morgan fingerprint density at radius 3 is 2.80 bits per heavy atom. The van der Waals surface area contributed by atoms with E-state index in [1.165, 1.54) is 0 Å². The fraction of sp³-hybridized carbons (Fsp3) is 0.400. The summed E-state index contributed by atoms with van der Waals surface area (Å²) < 4.78 is 24.3. The van der Waals surface area contributed by atoms with Crippen molar-refractivity contribution in [3.63, 3.8) is 0 Å². The van der Waals surface area contributed by atoms with Crippen LogP contribution in [0.2, 0.25) is 0 Å². The molecule has 0 bridgehead atoms. The van der Waals surface area contributed by atoms with Gasteiger partial charge in [-0.1, -0.05) is 30.7 Å². The van der Waals surface area contributed by atoms with Gasteiger partial charge in [0, 0.05) is 17.1 Å². The highest BCUT2D eigenvalue weighted by Gasteiger charge is 2.36. The predicted octanol–water partition coefficient (Wildman–Crippen LogP) is 2.24. The summed E-state index contributed by atoms with van der Waals surface area (Å²) in [6.45, 7) is 0. The summed E-state index contributed by atoms with van der Waals surface area (Å²) in [4.78, 5) is 4.29. The molecule has 1 saturated heterocycles. The van der Waals surface area contributed by atoms with E-state index in [0.717, 1.165) is 11.8 Å². The first-order valence-electron chi connectivity index (χ1n) is 6.83. The average molecular weight is 291 g/mol. The van der Waals surface area contributed by atoms with Crippen molar-refractivity contribution in [2.45, 2.75) is 30.6 Å². The summed E-state index contributed by atoms with van der Waals surface area (Å²) in [5, 5.41) is 10.8.